The predicted octanol–water partition coefficient (Wildman–Crippen LogP) is 7.71. The lowest BCUT2D eigenvalue weighted by Crippen LogP contribution is -1.73. The van der Waals surface area contributed by atoms with Crippen LogP contribution in [-0.4, -0.2) is 4.37 Å². The Morgan fingerprint density at radius 3 is 1.29 bits per heavy atom. The van der Waals surface area contributed by atoms with E-state index in [0.29, 0.717) is 0 Å². The van der Waals surface area contributed by atoms with Crippen LogP contribution in [0.15, 0.2) is 5.38 Å². The van der Waals surface area contributed by atoms with Crippen molar-refractivity contribution in [2.24, 2.45) is 0 Å². The molecule has 1 rings (SSSR count). The Labute approximate surface area is 138 Å². The molecule has 1 nitrogen and oxygen atoms in total. The van der Waals surface area contributed by atoms with Crippen LogP contribution < -0.4 is 0 Å². The second kappa shape index (κ2) is 19.6. The van der Waals surface area contributed by atoms with Gasteiger partial charge in [0, 0.05) is 5.38 Å². The number of rotatable bonds is 8. The van der Waals surface area contributed by atoms with E-state index in [1.54, 1.807) is 0 Å². The van der Waals surface area contributed by atoms with Gasteiger partial charge >= 0.3 is 0 Å². The highest BCUT2D eigenvalue weighted by atomic mass is 32.1. The summed E-state index contributed by atoms with van der Waals surface area (Å²) in [5, 5.41) is 2.05. The van der Waals surface area contributed by atoms with Gasteiger partial charge < -0.3 is 0 Å². The lowest BCUT2D eigenvalue weighted by molar-refractivity contribution is 0.624. The van der Waals surface area contributed by atoms with Crippen molar-refractivity contribution in [3.05, 3.63) is 16.6 Å². The van der Waals surface area contributed by atoms with Gasteiger partial charge in [0.1, 0.15) is 0 Å². The van der Waals surface area contributed by atoms with Gasteiger partial charge in [0.25, 0.3) is 0 Å². The Balaban J connectivity index is 0. The number of aryl methyl sites for hydroxylation is 2. The molecule has 0 aromatic carbocycles. The molecule has 0 saturated heterocycles. The van der Waals surface area contributed by atoms with Gasteiger partial charge in [-0.1, -0.05) is 91.9 Å². The summed E-state index contributed by atoms with van der Waals surface area (Å²) in [5.41, 5.74) is 2.45. The van der Waals surface area contributed by atoms with Gasteiger partial charge in [-0.05, 0) is 30.9 Å². The van der Waals surface area contributed by atoms with E-state index in [0.717, 1.165) is 5.69 Å². The van der Waals surface area contributed by atoms with Crippen molar-refractivity contribution in [2.45, 2.75) is 106 Å². The molecule has 1 heterocycles. The van der Waals surface area contributed by atoms with Crippen LogP contribution in [0.2, 0.25) is 0 Å². The first kappa shape index (κ1) is 22.9. The van der Waals surface area contributed by atoms with Crippen molar-refractivity contribution in [1.29, 1.82) is 0 Å². The fourth-order valence-electron chi connectivity index (χ4n) is 1.70. The van der Waals surface area contributed by atoms with Crippen molar-refractivity contribution in [2.75, 3.05) is 0 Å². The summed E-state index contributed by atoms with van der Waals surface area (Å²) in [6.07, 6.45) is 14.0. The van der Waals surface area contributed by atoms with Gasteiger partial charge in [-0.15, -0.1) is 0 Å². The van der Waals surface area contributed by atoms with Crippen LogP contribution in [0.5, 0.6) is 0 Å². The molecule has 0 radical (unpaired) electrons. The van der Waals surface area contributed by atoms with Gasteiger partial charge in [0.2, 0.25) is 0 Å². The first-order chi connectivity index (χ1) is 10.1. The minimum atomic E-state index is 1.16. The van der Waals surface area contributed by atoms with E-state index in [9.17, 15) is 0 Å². The van der Waals surface area contributed by atoms with Crippen LogP contribution in [0.25, 0.3) is 0 Å². The van der Waals surface area contributed by atoms with E-state index in [4.69, 9.17) is 0 Å². The smallest absolute Gasteiger partial charge is 0.0540 e. The lowest BCUT2D eigenvalue weighted by atomic mass is 10.1. The molecule has 0 unspecified atom stereocenters. The predicted molar refractivity (Wildman–Crippen MR) is 100 cm³/mol. The van der Waals surface area contributed by atoms with Crippen molar-refractivity contribution in [3.63, 3.8) is 0 Å². The minimum Gasteiger partial charge on any atom is -0.198 e. The molecule has 21 heavy (non-hydrogen) atoms. The fraction of sp³-hybridized carbons (Fsp3) is 0.842. The normalized spacial score (nSPS) is 9.43. The van der Waals surface area contributed by atoms with E-state index >= 15 is 0 Å². The quantitative estimate of drug-likeness (QED) is 0.448. The Morgan fingerprint density at radius 2 is 1.10 bits per heavy atom. The van der Waals surface area contributed by atoms with Crippen LogP contribution in [0.4, 0.5) is 0 Å². The van der Waals surface area contributed by atoms with Gasteiger partial charge in [-0.2, -0.15) is 4.37 Å². The minimum absolute atomic E-state index is 1.16. The second-order valence-corrected chi connectivity index (χ2v) is 6.33. The maximum atomic E-state index is 4.06. The Morgan fingerprint density at radius 1 is 0.714 bits per heavy atom. The number of nitrogens with zero attached hydrogens (tertiary/aromatic N) is 1. The summed E-state index contributed by atoms with van der Waals surface area (Å²) in [5.74, 6) is 0. The molecule has 126 valence electrons. The zero-order chi connectivity index (χ0) is 16.3. The zero-order valence-electron chi connectivity index (χ0n) is 15.5. The molecule has 0 amide bonds. The number of unbranched alkanes of at least 4 members (excludes halogenated alkanes) is 8. The number of hydrogen-bond acceptors (Lipinski definition) is 2. The number of aromatic nitrogens is 1. The third-order valence-electron chi connectivity index (χ3n) is 3.40. The van der Waals surface area contributed by atoms with Crippen LogP contribution in [-0.2, 0) is 0 Å². The molecular formula is C19H39NS. The van der Waals surface area contributed by atoms with Crippen molar-refractivity contribution in [1.82, 2.24) is 4.37 Å². The maximum absolute atomic E-state index is 4.06. The molecule has 0 bridgehead atoms. The highest BCUT2D eigenvalue weighted by Crippen LogP contribution is 2.05. The van der Waals surface area contributed by atoms with Gasteiger partial charge in [-0.25, -0.2) is 0 Å². The van der Waals surface area contributed by atoms with E-state index < -0.39 is 0 Å². The van der Waals surface area contributed by atoms with Gasteiger partial charge in [0.05, 0.1) is 5.69 Å². The number of hydrogen-bond donors (Lipinski definition) is 0. The Kier molecular flexibility index (Phi) is 21.4. The average molecular weight is 314 g/mol. The summed E-state index contributed by atoms with van der Waals surface area (Å²) in [6.45, 7) is 13.1. The molecule has 0 atom stereocenters. The fourth-order valence-corrected chi connectivity index (χ4v) is 2.38. The van der Waals surface area contributed by atoms with Crippen LogP contribution >= 0.6 is 11.5 Å². The molecule has 0 N–H and O–H groups in total. The largest absolute Gasteiger partial charge is 0.198 e. The SMILES string of the molecule is CCCCCC.CCCCCCCC.Cc1csnc1C. The zero-order valence-corrected chi connectivity index (χ0v) is 16.3. The molecular weight excluding hydrogens is 274 g/mol. The summed E-state index contributed by atoms with van der Waals surface area (Å²) < 4.78 is 4.06. The first-order valence-corrected chi connectivity index (χ1v) is 9.85. The van der Waals surface area contributed by atoms with E-state index in [1.165, 1.54) is 81.3 Å². The van der Waals surface area contributed by atoms with Crippen LogP contribution in [0.1, 0.15) is 103 Å². The highest BCUT2D eigenvalue weighted by Gasteiger charge is 1.89. The van der Waals surface area contributed by atoms with Crippen molar-refractivity contribution in [3.8, 4) is 0 Å². The molecule has 0 aliphatic rings. The standard InChI is InChI=1S/C8H18.C6H14.C5H7NS/c1-3-5-7-8-6-4-2;1-3-5-6-4-2;1-4-3-7-6-5(4)2/h3-8H2,1-2H3;3-6H2,1-2H3;3H,1-2H3. The third kappa shape index (κ3) is 19.6. The van der Waals surface area contributed by atoms with Crippen molar-refractivity contribution < 1.29 is 0 Å². The van der Waals surface area contributed by atoms with Crippen molar-refractivity contribution >= 4 is 11.5 Å². The molecule has 0 fully saturated rings. The topological polar surface area (TPSA) is 12.9 Å². The van der Waals surface area contributed by atoms with E-state index in [-0.39, 0.29) is 0 Å². The third-order valence-corrected chi connectivity index (χ3v) is 4.24. The summed E-state index contributed by atoms with van der Waals surface area (Å²) in [7, 11) is 0. The summed E-state index contributed by atoms with van der Waals surface area (Å²) in [4.78, 5) is 0. The van der Waals surface area contributed by atoms with Gasteiger partial charge in [-0.3, -0.25) is 0 Å². The van der Waals surface area contributed by atoms with E-state index in [1.807, 2.05) is 6.92 Å². The second-order valence-electron chi connectivity index (χ2n) is 5.70. The molecule has 2 heteroatoms. The Bertz CT molecular complexity index is 254. The highest BCUT2D eigenvalue weighted by molar-refractivity contribution is 7.03. The van der Waals surface area contributed by atoms with Crippen LogP contribution in [0.3, 0.4) is 0 Å². The molecule has 0 saturated carbocycles. The molecule has 1 aromatic rings. The Hall–Kier alpha value is -0.370. The van der Waals surface area contributed by atoms with E-state index in [2.05, 4.69) is 44.4 Å². The summed E-state index contributed by atoms with van der Waals surface area (Å²) >= 11 is 1.52. The first-order valence-electron chi connectivity index (χ1n) is 9.01. The molecule has 1 aromatic heterocycles. The average Bonchev–Trinajstić information content (AvgIpc) is 2.87. The lowest BCUT2D eigenvalue weighted by Gasteiger charge is -1.93. The molecule has 0 aliphatic carbocycles. The van der Waals surface area contributed by atoms with Gasteiger partial charge in [0.15, 0.2) is 0 Å². The molecule has 0 spiro atoms. The van der Waals surface area contributed by atoms with Crippen LogP contribution in [0, 0.1) is 13.8 Å². The molecule has 0 aliphatic heterocycles. The summed E-state index contributed by atoms with van der Waals surface area (Å²) in [6, 6.07) is 0. The maximum Gasteiger partial charge on any atom is 0.0540 e. The monoisotopic (exact) mass is 313 g/mol.